The zero-order valence-electron chi connectivity index (χ0n) is 16.5. The predicted octanol–water partition coefficient (Wildman–Crippen LogP) is 1.76. The molecular weight excluding hydrogens is 359 g/mol. The van der Waals surface area contributed by atoms with Gasteiger partial charge in [0.1, 0.15) is 5.82 Å². The van der Waals surface area contributed by atoms with Gasteiger partial charge in [-0.2, -0.15) is 0 Å². The summed E-state index contributed by atoms with van der Waals surface area (Å²) in [7, 11) is 0. The molecule has 2 fully saturated rings. The first-order valence-electron chi connectivity index (χ1n) is 10.4. The molecule has 6 nitrogen and oxygen atoms in total. The fraction of sp³-hybridized carbons (Fsp3) is 0.619. The molecule has 1 aliphatic heterocycles. The molecule has 1 saturated heterocycles. The number of carbonyl (C=O) groups excluding carboxylic acids is 2. The second-order valence-electron chi connectivity index (χ2n) is 7.79. The number of rotatable bonds is 8. The molecule has 0 radical (unpaired) electrons. The van der Waals surface area contributed by atoms with E-state index in [-0.39, 0.29) is 24.2 Å². The smallest absolute Gasteiger partial charge is 0.239 e. The van der Waals surface area contributed by atoms with Crippen molar-refractivity contribution in [1.82, 2.24) is 15.5 Å². The van der Waals surface area contributed by atoms with Crippen LogP contribution in [-0.4, -0.2) is 62.5 Å². The average molecular weight is 391 g/mol. The maximum Gasteiger partial charge on any atom is 0.239 e. The Morgan fingerprint density at radius 1 is 0.964 bits per heavy atom. The van der Waals surface area contributed by atoms with Gasteiger partial charge in [-0.05, 0) is 43.0 Å². The highest BCUT2D eigenvalue weighted by Gasteiger charge is 2.19. The van der Waals surface area contributed by atoms with E-state index in [0.29, 0.717) is 18.9 Å². The third kappa shape index (κ3) is 6.48. The minimum atomic E-state index is -0.215. The van der Waals surface area contributed by atoms with Gasteiger partial charge in [0, 0.05) is 51.4 Å². The van der Waals surface area contributed by atoms with Gasteiger partial charge >= 0.3 is 0 Å². The van der Waals surface area contributed by atoms with E-state index in [1.54, 1.807) is 0 Å². The Morgan fingerprint density at radius 3 is 2.32 bits per heavy atom. The van der Waals surface area contributed by atoms with Crippen molar-refractivity contribution in [2.45, 2.75) is 32.1 Å². The summed E-state index contributed by atoms with van der Waals surface area (Å²) in [6.07, 6.45) is 5.25. The summed E-state index contributed by atoms with van der Waals surface area (Å²) in [5.41, 5.74) is 1.04. The monoisotopic (exact) mass is 390 g/mol. The second kappa shape index (κ2) is 10.4. The van der Waals surface area contributed by atoms with Crippen LogP contribution < -0.4 is 15.5 Å². The molecular formula is C21H31FN4O2. The number of carbonyl (C=O) groups is 2. The Balaban J connectivity index is 1.25. The molecule has 0 atom stereocenters. The summed E-state index contributed by atoms with van der Waals surface area (Å²) in [5.74, 6) is 0.133. The minimum Gasteiger partial charge on any atom is -0.369 e. The molecule has 28 heavy (non-hydrogen) atoms. The third-order valence-electron chi connectivity index (χ3n) is 5.71. The van der Waals surface area contributed by atoms with Gasteiger partial charge in [-0.3, -0.25) is 14.5 Å². The van der Waals surface area contributed by atoms with Gasteiger partial charge in [-0.1, -0.05) is 12.8 Å². The number of hydrogen-bond acceptors (Lipinski definition) is 4. The molecule has 2 N–H and O–H groups in total. The number of hydrogen-bond donors (Lipinski definition) is 2. The molecule has 2 amide bonds. The molecule has 3 rings (SSSR count). The molecule has 1 aliphatic carbocycles. The summed E-state index contributed by atoms with van der Waals surface area (Å²) >= 11 is 0. The SMILES string of the molecule is O=C(CNC(=O)CC1CCCC1)NCCN1CCN(c2ccc(F)cc2)CC1. The zero-order valence-corrected chi connectivity index (χ0v) is 16.5. The maximum atomic E-state index is 13.0. The van der Waals surface area contributed by atoms with Crippen LogP contribution in [0.3, 0.4) is 0 Å². The number of amides is 2. The number of piperazine rings is 1. The molecule has 7 heteroatoms. The largest absolute Gasteiger partial charge is 0.369 e. The van der Waals surface area contributed by atoms with E-state index < -0.39 is 0 Å². The van der Waals surface area contributed by atoms with Crippen LogP contribution in [0.2, 0.25) is 0 Å². The average Bonchev–Trinajstić information content (AvgIpc) is 3.21. The molecule has 1 aromatic rings. The standard InChI is InChI=1S/C21H31FN4O2/c22-18-5-7-19(8-6-18)26-13-11-25(12-14-26)10-9-23-21(28)16-24-20(27)15-17-3-1-2-4-17/h5-8,17H,1-4,9-16H2,(H,23,28)(H,24,27). The summed E-state index contributed by atoms with van der Waals surface area (Å²) in [5, 5.41) is 5.61. The van der Waals surface area contributed by atoms with Crippen molar-refractivity contribution in [3.8, 4) is 0 Å². The predicted molar refractivity (Wildman–Crippen MR) is 108 cm³/mol. The van der Waals surface area contributed by atoms with Crippen LogP contribution >= 0.6 is 0 Å². The molecule has 0 aromatic heterocycles. The van der Waals surface area contributed by atoms with E-state index in [9.17, 15) is 14.0 Å². The van der Waals surface area contributed by atoms with Crippen molar-refractivity contribution in [2.24, 2.45) is 5.92 Å². The molecule has 0 bridgehead atoms. The number of nitrogens with one attached hydrogen (secondary N) is 2. The van der Waals surface area contributed by atoms with Gasteiger partial charge in [0.2, 0.25) is 11.8 Å². The highest BCUT2D eigenvalue weighted by Crippen LogP contribution is 2.27. The van der Waals surface area contributed by atoms with Crippen molar-refractivity contribution in [1.29, 1.82) is 0 Å². The lowest BCUT2D eigenvalue weighted by Crippen LogP contribution is -2.49. The molecule has 1 heterocycles. The van der Waals surface area contributed by atoms with Crippen LogP contribution in [0.15, 0.2) is 24.3 Å². The van der Waals surface area contributed by atoms with Crippen LogP contribution in [0.1, 0.15) is 32.1 Å². The lowest BCUT2D eigenvalue weighted by Gasteiger charge is -2.36. The van der Waals surface area contributed by atoms with Gasteiger partial charge in [0.15, 0.2) is 0 Å². The molecule has 154 valence electrons. The topological polar surface area (TPSA) is 64.7 Å². The molecule has 0 spiro atoms. The van der Waals surface area contributed by atoms with Gasteiger partial charge in [0.05, 0.1) is 6.54 Å². The molecule has 1 saturated carbocycles. The highest BCUT2D eigenvalue weighted by atomic mass is 19.1. The summed E-state index contributed by atoms with van der Waals surface area (Å²) in [6.45, 7) is 5.02. The third-order valence-corrected chi connectivity index (χ3v) is 5.71. The highest BCUT2D eigenvalue weighted by molar-refractivity contribution is 5.84. The second-order valence-corrected chi connectivity index (χ2v) is 7.79. The quantitative estimate of drug-likeness (QED) is 0.710. The first-order chi connectivity index (χ1) is 13.6. The fourth-order valence-corrected chi connectivity index (χ4v) is 4.03. The number of anilines is 1. The number of halogens is 1. The zero-order chi connectivity index (χ0) is 19.8. The first-order valence-corrected chi connectivity index (χ1v) is 10.4. The van der Waals surface area contributed by atoms with Crippen LogP contribution in [0.4, 0.5) is 10.1 Å². The van der Waals surface area contributed by atoms with Gasteiger partial charge in [0.25, 0.3) is 0 Å². The Morgan fingerprint density at radius 2 is 1.64 bits per heavy atom. The lowest BCUT2D eigenvalue weighted by molar-refractivity contribution is -0.126. The summed E-state index contributed by atoms with van der Waals surface area (Å²) in [4.78, 5) is 28.3. The molecule has 2 aliphatic rings. The summed E-state index contributed by atoms with van der Waals surface area (Å²) < 4.78 is 13.0. The van der Waals surface area contributed by atoms with Crippen molar-refractivity contribution in [3.05, 3.63) is 30.1 Å². The number of benzene rings is 1. The van der Waals surface area contributed by atoms with Crippen LogP contribution in [-0.2, 0) is 9.59 Å². The normalized spacial score (nSPS) is 18.2. The van der Waals surface area contributed by atoms with Crippen LogP contribution in [0.25, 0.3) is 0 Å². The van der Waals surface area contributed by atoms with Crippen LogP contribution in [0, 0.1) is 11.7 Å². The Kier molecular flexibility index (Phi) is 7.65. The van der Waals surface area contributed by atoms with Crippen molar-refractivity contribution in [2.75, 3.05) is 50.7 Å². The van der Waals surface area contributed by atoms with Crippen molar-refractivity contribution in [3.63, 3.8) is 0 Å². The van der Waals surface area contributed by atoms with Crippen molar-refractivity contribution < 1.29 is 14.0 Å². The van der Waals surface area contributed by atoms with Gasteiger partial charge in [-0.25, -0.2) is 4.39 Å². The van der Waals surface area contributed by atoms with E-state index in [1.807, 2.05) is 12.1 Å². The van der Waals surface area contributed by atoms with E-state index in [0.717, 1.165) is 51.3 Å². The minimum absolute atomic E-state index is 0.0148. The van der Waals surface area contributed by atoms with E-state index >= 15 is 0 Å². The number of nitrogens with zero attached hydrogens (tertiary/aromatic N) is 2. The van der Waals surface area contributed by atoms with E-state index in [4.69, 9.17) is 0 Å². The van der Waals surface area contributed by atoms with E-state index in [2.05, 4.69) is 20.4 Å². The lowest BCUT2D eigenvalue weighted by atomic mass is 10.0. The summed E-state index contributed by atoms with van der Waals surface area (Å²) in [6, 6.07) is 6.60. The van der Waals surface area contributed by atoms with Crippen molar-refractivity contribution >= 4 is 17.5 Å². The Labute approximate surface area is 166 Å². The van der Waals surface area contributed by atoms with E-state index in [1.165, 1.54) is 25.0 Å². The molecule has 1 aromatic carbocycles. The molecule has 0 unspecified atom stereocenters. The Hall–Kier alpha value is -2.15. The first kappa shape index (κ1) is 20.6. The van der Waals surface area contributed by atoms with Gasteiger partial charge in [-0.15, -0.1) is 0 Å². The van der Waals surface area contributed by atoms with Crippen LogP contribution in [0.5, 0.6) is 0 Å². The fourth-order valence-electron chi connectivity index (χ4n) is 4.03. The maximum absolute atomic E-state index is 13.0. The Bertz CT molecular complexity index is 638. The van der Waals surface area contributed by atoms with Gasteiger partial charge < -0.3 is 15.5 Å².